The van der Waals surface area contributed by atoms with E-state index in [2.05, 4.69) is 28.8 Å². The van der Waals surface area contributed by atoms with Gasteiger partial charge in [-0.2, -0.15) is 0 Å². The Labute approximate surface area is 92.0 Å². The molecule has 84 valence electrons. The second kappa shape index (κ2) is 7.23. The fourth-order valence-corrected chi connectivity index (χ4v) is 1.51. The molecule has 0 aromatic carbocycles. The van der Waals surface area contributed by atoms with Crippen LogP contribution in [0.1, 0.15) is 38.3 Å². The molecule has 1 unspecified atom stereocenters. The van der Waals surface area contributed by atoms with Crippen LogP contribution in [0.5, 0.6) is 0 Å². The highest BCUT2D eigenvalue weighted by atomic mass is 14.9. The van der Waals surface area contributed by atoms with E-state index < -0.39 is 0 Å². The number of aromatic nitrogens is 2. The molecule has 1 aromatic heterocycles. The molecule has 0 spiro atoms. The smallest absolute Gasteiger partial charge is 0.0922 e. The Bertz CT molecular complexity index is 254. The third-order valence-corrected chi connectivity index (χ3v) is 2.49. The van der Waals surface area contributed by atoms with E-state index in [1.54, 1.807) is 6.33 Å². The number of unbranched alkanes of at least 4 members (excludes halogenated alkanes) is 2. The fourth-order valence-electron chi connectivity index (χ4n) is 1.51. The summed E-state index contributed by atoms with van der Waals surface area (Å²) in [6.07, 6.45) is 10.4. The molecule has 0 fully saturated rings. The molecule has 0 aliphatic carbocycles. The molecular weight excluding hydrogens is 186 g/mol. The average molecular weight is 207 g/mol. The van der Waals surface area contributed by atoms with Crippen LogP contribution in [0, 0.1) is 0 Å². The summed E-state index contributed by atoms with van der Waals surface area (Å²) in [5.74, 6) is 0. The molecule has 1 aromatic rings. The van der Waals surface area contributed by atoms with Crippen LogP contribution in [0.4, 0.5) is 0 Å². The second-order valence-electron chi connectivity index (χ2n) is 3.93. The van der Waals surface area contributed by atoms with Crippen LogP contribution in [0.25, 0.3) is 0 Å². The molecule has 0 amide bonds. The Kier molecular flexibility index (Phi) is 5.78. The minimum atomic E-state index is 0.568. The zero-order valence-corrected chi connectivity index (χ0v) is 9.50. The van der Waals surface area contributed by atoms with Gasteiger partial charge in [-0.1, -0.05) is 12.5 Å². The molecule has 0 aliphatic heterocycles. The quantitative estimate of drug-likeness (QED) is 0.508. The first-order valence-electron chi connectivity index (χ1n) is 5.64. The summed E-state index contributed by atoms with van der Waals surface area (Å²) in [5, 5.41) is 3.46. The van der Waals surface area contributed by atoms with E-state index in [1.807, 2.05) is 12.3 Å². The Hall–Kier alpha value is -1.09. The third kappa shape index (κ3) is 5.37. The zero-order chi connectivity index (χ0) is 10.9. The first kappa shape index (κ1) is 12.0. The van der Waals surface area contributed by atoms with Crippen molar-refractivity contribution in [3.8, 4) is 0 Å². The van der Waals surface area contributed by atoms with Crippen LogP contribution < -0.4 is 5.32 Å². The number of nitrogens with zero attached hydrogens (tertiary/aromatic N) is 1. The van der Waals surface area contributed by atoms with Crippen LogP contribution in [0.2, 0.25) is 0 Å². The lowest BCUT2D eigenvalue weighted by Gasteiger charge is -2.12. The second-order valence-corrected chi connectivity index (χ2v) is 3.93. The van der Waals surface area contributed by atoms with Crippen molar-refractivity contribution in [3.63, 3.8) is 0 Å². The summed E-state index contributed by atoms with van der Waals surface area (Å²) in [6.45, 7) is 6.82. The molecule has 0 saturated heterocycles. The van der Waals surface area contributed by atoms with Gasteiger partial charge in [-0.3, -0.25) is 0 Å². The first-order valence-corrected chi connectivity index (χ1v) is 5.64. The van der Waals surface area contributed by atoms with Crippen molar-refractivity contribution in [2.75, 3.05) is 0 Å². The molecule has 2 N–H and O–H groups in total. The summed E-state index contributed by atoms with van der Waals surface area (Å²) in [6, 6.07) is 0.568. The highest BCUT2D eigenvalue weighted by molar-refractivity contribution is 4.93. The number of H-pyrrole nitrogens is 1. The number of rotatable bonds is 8. The molecule has 1 rings (SSSR count). The van der Waals surface area contributed by atoms with Crippen molar-refractivity contribution in [2.24, 2.45) is 0 Å². The van der Waals surface area contributed by atoms with Gasteiger partial charge in [-0.05, 0) is 26.2 Å². The number of allylic oxidation sites excluding steroid dienone is 1. The van der Waals surface area contributed by atoms with E-state index >= 15 is 0 Å². The maximum absolute atomic E-state index is 3.98. The Morgan fingerprint density at radius 3 is 3.13 bits per heavy atom. The average Bonchev–Trinajstić information content (AvgIpc) is 2.74. The molecule has 15 heavy (non-hydrogen) atoms. The largest absolute Gasteiger partial charge is 0.347 e. The Balaban J connectivity index is 2.03. The minimum Gasteiger partial charge on any atom is -0.347 e. The van der Waals surface area contributed by atoms with E-state index in [-0.39, 0.29) is 0 Å². The van der Waals surface area contributed by atoms with Crippen LogP contribution in [0.15, 0.2) is 25.2 Å². The van der Waals surface area contributed by atoms with Gasteiger partial charge in [0.15, 0.2) is 0 Å². The number of aromatic amines is 1. The van der Waals surface area contributed by atoms with Gasteiger partial charge in [0.05, 0.1) is 6.33 Å². The van der Waals surface area contributed by atoms with Gasteiger partial charge < -0.3 is 10.3 Å². The summed E-state index contributed by atoms with van der Waals surface area (Å²) in [7, 11) is 0. The summed E-state index contributed by atoms with van der Waals surface area (Å²) in [5.41, 5.74) is 1.15. The summed E-state index contributed by atoms with van der Waals surface area (Å²) >= 11 is 0. The van der Waals surface area contributed by atoms with Gasteiger partial charge >= 0.3 is 0 Å². The molecule has 0 radical (unpaired) electrons. The van der Waals surface area contributed by atoms with Gasteiger partial charge in [0.1, 0.15) is 0 Å². The van der Waals surface area contributed by atoms with E-state index in [1.165, 1.54) is 19.3 Å². The zero-order valence-electron chi connectivity index (χ0n) is 9.50. The lowest BCUT2D eigenvalue weighted by molar-refractivity contribution is 0.487. The summed E-state index contributed by atoms with van der Waals surface area (Å²) < 4.78 is 0. The predicted molar refractivity (Wildman–Crippen MR) is 63.6 cm³/mol. The van der Waals surface area contributed by atoms with Gasteiger partial charge in [0.25, 0.3) is 0 Å². The topological polar surface area (TPSA) is 40.7 Å². The van der Waals surface area contributed by atoms with E-state index in [4.69, 9.17) is 0 Å². The lowest BCUT2D eigenvalue weighted by Crippen LogP contribution is -2.25. The molecule has 0 saturated carbocycles. The highest BCUT2D eigenvalue weighted by Crippen LogP contribution is 2.04. The van der Waals surface area contributed by atoms with Crippen molar-refractivity contribution in [3.05, 3.63) is 30.9 Å². The van der Waals surface area contributed by atoms with Gasteiger partial charge in [-0.15, -0.1) is 6.58 Å². The van der Waals surface area contributed by atoms with Crippen molar-refractivity contribution in [1.82, 2.24) is 15.3 Å². The Morgan fingerprint density at radius 2 is 2.47 bits per heavy atom. The van der Waals surface area contributed by atoms with Crippen molar-refractivity contribution in [1.29, 1.82) is 0 Å². The summed E-state index contributed by atoms with van der Waals surface area (Å²) in [4.78, 5) is 7.06. The Morgan fingerprint density at radius 1 is 1.60 bits per heavy atom. The molecule has 1 heterocycles. The van der Waals surface area contributed by atoms with Crippen LogP contribution >= 0.6 is 0 Å². The normalized spacial score (nSPS) is 12.6. The predicted octanol–water partition coefficient (Wildman–Crippen LogP) is 2.63. The fraction of sp³-hybridized carbons (Fsp3) is 0.583. The van der Waals surface area contributed by atoms with Gasteiger partial charge in [-0.25, -0.2) is 4.98 Å². The standard InChI is InChI=1S/C12H21N3/c1-3-4-5-6-7-11(2)14-9-12-8-13-10-15-12/h3,8,10-11,14H,1,4-7,9H2,2H3,(H,13,15). The maximum atomic E-state index is 3.98. The SMILES string of the molecule is C=CCCCCC(C)NCc1cnc[nH]1. The molecule has 0 bridgehead atoms. The van der Waals surface area contributed by atoms with Crippen LogP contribution in [-0.2, 0) is 6.54 Å². The monoisotopic (exact) mass is 207 g/mol. The van der Waals surface area contributed by atoms with E-state index in [9.17, 15) is 0 Å². The van der Waals surface area contributed by atoms with Crippen LogP contribution in [-0.4, -0.2) is 16.0 Å². The minimum absolute atomic E-state index is 0.568. The van der Waals surface area contributed by atoms with Crippen molar-refractivity contribution < 1.29 is 0 Å². The first-order chi connectivity index (χ1) is 7.33. The number of hydrogen-bond acceptors (Lipinski definition) is 2. The van der Waals surface area contributed by atoms with Gasteiger partial charge in [0, 0.05) is 24.5 Å². The van der Waals surface area contributed by atoms with Gasteiger partial charge in [0.2, 0.25) is 0 Å². The third-order valence-electron chi connectivity index (χ3n) is 2.49. The van der Waals surface area contributed by atoms with Crippen molar-refractivity contribution >= 4 is 0 Å². The number of hydrogen-bond donors (Lipinski definition) is 2. The maximum Gasteiger partial charge on any atom is 0.0922 e. The van der Waals surface area contributed by atoms with Crippen LogP contribution in [0.3, 0.4) is 0 Å². The number of nitrogens with one attached hydrogen (secondary N) is 2. The highest BCUT2D eigenvalue weighted by Gasteiger charge is 2.01. The molecule has 1 atom stereocenters. The lowest BCUT2D eigenvalue weighted by atomic mass is 10.1. The van der Waals surface area contributed by atoms with E-state index in [0.717, 1.165) is 18.7 Å². The van der Waals surface area contributed by atoms with E-state index in [0.29, 0.717) is 6.04 Å². The number of imidazole rings is 1. The molecule has 0 aliphatic rings. The molecular formula is C12H21N3. The van der Waals surface area contributed by atoms with Crippen molar-refractivity contribution in [2.45, 2.75) is 45.2 Å². The molecule has 3 nitrogen and oxygen atoms in total. The molecule has 3 heteroatoms.